The number of nitrogens with zero attached hydrogens (tertiary/aromatic N) is 2. The van der Waals surface area contributed by atoms with Gasteiger partial charge >= 0.3 is 6.03 Å². The van der Waals surface area contributed by atoms with E-state index in [0.717, 1.165) is 25.1 Å². The van der Waals surface area contributed by atoms with Crippen LogP contribution in [0.2, 0.25) is 0 Å². The molecule has 5 heteroatoms. The highest BCUT2D eigenvalue weighted by molar-refractivity contribution is 5.89. The molecular formula is C18H25N3O2. The minimum atomic E-state index is -0.0796. The van der Waals surface area contributed by atoms with Crippen molar-refractivity contribution in [3.8, 4) is 18.1 Å². The maximum atomic E-state index is 12.4. The SMILES string of the molecule is C#CCOc1ccc(NC(=O)N(C)[C@@H]2CCN(C)[C@H](C)C2)cc1. The van der Waals surface area contributed by atoms with Gasteiger partial charge in [-0.05, 0) is 51.1 Å². The van der Waals surface area contributed by atoms with Crippen molar-refractivity contribution in [3.63, 3.8) is 0 Å². The van der Waals surface area contributed by atoms with Crippen molar-refractivity contribution in [2.24, 2.45) is 0 Å². The van der Waals surface area contributed by atoms with Crippen LogP contribution in [-0.4, -0.2) is 55.2 Å². The summed E-state index contributed by atoms with van der Waals surface area (Å²) >= 11 is 0. The molecule has 0 aromatic heterocycles. The van der Waals surface area contributed by atoms with E-state index in [0.29, 0.717) is 11.8 Å². The molecule has 0 bridgehead atoms. The van der Waals surface area contributed by atoms with Crippen LogP contribution in [0.5, 0.6) is 5.75 Å². The second-order valence-corrected chi connectivity index (χ2v) is 6.07. The minimum absolute atomic E-state index is 0.0796. The number of terminal acetylenes is 1. The Bertz CT molecular complexity index is 565. The molecule has 1 aromatic rings. The summed E-state index contributed by atoms with van der Waals surface area (Å²) < 4.78 is 5.32. The number of nitrogens with one attached hydrogen (secondary N) is 1. The number of benzene rings is 1. The molecule has 124 valence electrons. The van der Waals surface area contributed by atoms with Gasteiger partial charge in [-0.25, -0.2) is 4.79 Å². The Morgan fingerprint density at radius 1 is 1.48 bits per heavy atom. The predicted molar refractivity (Wildman–Crippen MR) is 92.7 cm³/mol. The third kappa shape index (κ3) is 4.64. The Kier molecular flexibility index (Phi) is 5.89. The van der Waals surface area contributed by atoms with Gasteiger partial charge in [0.25, 0.3) is 0 Å². The molecule has 1 aliphatic rings. The molecule has 0 saturated carbocycles. The average Bonchev–Trinajstić information content (AvgIpc) is 2.56. The van der Waals surface area contributed by atoms with Crippen molar-refractivity contribution in [3.05, 3.63) is 24.3 Å². The number of rotatable bonds is 4. The molecule has 23 heavy (non-hydrogen) atoms. The fourth-order valence-electron chi connectivity index (χ4n) is 2.75. The molecule has 2 amide bonds. The van der Waals surface area contributed by atoms with E-state index in [-0.39, 0.29) is 18.7 Å². The number of urea groups is 1. The highest BCUT2D eigenvalue weighted by Gasteiger charge is 2.28. The maximum absolute atomic E-state index is 12.4. The van der Waals surface area contributed by atoms with Crippen LogP contribution >= 0.6 is 0 Å². The van der Waals surface area contributed by atoms with Gasteiger partial charge in [-0.2, -0.15) is 0 Å². The van der Waals surface area contributed by atoms with Gasteiger partial charge in [0, 0.05) is 31.4 Å². The van der Waals surface area contributed by atoms with Crippen molar-refractivity contribution >= 4 is 11.7 Å². The molecule has 1 aliphatic heterocycles. The lowest BCUT2D eigenvalue weighted by molar-refractivity contribution is 0.120. The van der Waals surface area contributed by atoms with Crippen molar-refractivity contribution in [2.75, 3.05) is 32.6 Å². The summed E-state index contributed by atoms with van der Waals surface area (Å²) in [5.74, 6) is 3.11. The van der Waals surface area contributed by atoms with Crippen molar-refractivity contribution in [1.82, 2.24) is 9.80 Å². The summed E-state index contributed by atoms with van der Waals surface area (Å²) in [4.78, 5) is 16.5. The van der Waals surface area contributed by atoms with Gasteiger partial charge in [0.15, 0.2) is 0 Å². The largest absolute Gasteiger partial charge is 0.481 e. The molecule has 1 fully saturated rings. The summed E-state index contributed by atoms with van der Waals surface area (Å²) in [7, 11) is 3.99. The van der Waals surface area contributed by atoms with E-state index >= 15 is 0 Å². The smallest absolute Gasteiger partial charge is 0.321 e. The Balaban J connectivity index is 1.89. The quantitative estimate of drug-likeness (QED) is 0.869. The van der Waals surface area contributed by atoms with Gasteiger partial charge in [0.2, 0.25) is 0 Å². The average molecular weight is 315 g/mol. The van der Waals surface area contributed by atoms with Gasteiger partial charge in [-0.1, -0.05) is 5.92 Å². The van der Waals surface area contributed by atoms with E-state index in [1.165, 1.54) is 0 Å². The molecule has 1 saturated heterocycles. The second-order valence-electron chi connectivity index (χ2n) is 6.07. The Morgan fingerprint density at radius 2 is 2.17 bits per heavy atom. The summed E-state index contributed by atoms with van der Waals surface area (Å²) in [6.07, 6.45) is 7.16. The summed E-state index contributed by atoms with van der Waals surface area (Å²) in [5.41, 5.74) is 0.746. The van der Waals surface area contributed by atoms with E-state index in [9.17, 15) is 4.79 Å². The number of hydrogen-bond acceptors (Lipinski definition) is 3. The van der Waals surface area contributed by atoms with Crippen LogP contribution < -0.4 is 10.1 Å². The Labute approximate surface area is 138 Å². The third-order valence-corrected chi connectivity index (χ3v) is 4.48. The van der Waals surface area contributed by atoms with Crippen LogP contribution in [0.25, 0.3) is 0 Å². The highest BCUT2D eigenvalue weighted by Crippen LogP contribution is 2.21. The van der Waals surface area contributed by atoms with Gasteiger partial charge in [-0.15, -0.1) is 6.42 Å². The standard InChI is InChI=1S/C18H25N3O2/c1-5-12-23-17-8-6-15(7-9-17)19-18(22)21(4)16-10-11-20(3)14(2)13-16/h1,6-9,14,16H,10-13H2,2-4H3,(H,19,22)/t14-,16-/m1/s1. The van der Waals surface area contributed by atoms with Gasteiger partial charge in [-0.3, -0.25) is 0 Å². The van der Waals surface area contributed by atoms with E-state index in [4.69, 9.17) is 11.2 Å². The molecule has 0 spiro atoms. The molecule has 1 heterocycles. The lowest BCUT2D eigenvalue weighted by Gasteiger charge is -2.39. The molecule has 0 unspecified atom stereocenters. The van der Waals surface area contributed by atoms with Crippen LogP contribution in [0.3, 0.4) is 0 Å². The summed E-state index contributed by atoms with van der Waals surface area (Å²) in [5, 5.41) is 2.93. The van der Waals surface area contributed by atoms with Crippen LogP contribution in [0.4, 0.5) is 10.5 Å². The molecule has 1 N–H and O–H groups in total. The molecule has 2 rings (SSSR count). The first-order chi connectivity index (χ1) is 11.0. The molecule has 2 atom stereocenters. The number of anilines is 1. The second kappa shape index (κ2) is 7.89. The first-order valence-electron chi connectivity index (χ1n) is 7.91. The Hall–Kier alpha value is -2.19. The predicted octanol–water partition coefficient (Wildman–Crippen LogP) is 2.65. The molecule has 0 radical (unpaired) electrons. The summed E-state index contributed by atoms with van der Waals surface area (Å²) in [6.45, 7) is 3.46. The molecule has 0 aliphatic carbocycles. The maximum Gasteiger partial charge on any atom is 0.321 e. The number of likely N-dealkylation sites (tertiary alicyclic amines) is 1. The van der Waals surface area contributed by atoms with Crippen molar-refractivity contribution in [2.45, 2.75) is 31.8 Å². The summed E-state index contributed by atoms with van der Waals surface area (Å²) in [6, 6.07) is 7.92. The Morgan fingerprint density at radius 3 is 2.78 bits per heavy atom. The molecule has 5 nitrogen and oxygen atoms in total. The lowest BCUT2D eigenvalue weighted by atomic mass is 9.98. The minimum Gasteiger partial charge on any atom is -0.481 e. The highest BCUT2D eigenvalue weighted by atomic mass is 16.5. The molecule has 1 aromatic carbocycles. The fourth-order valence-corrected chi connectivity index (χ4v) is 2.75. The van der Waals surface area contributed by atoms with Crippen LogP contribution in [0, 0.1) is 12.3 Å². The van der Waals surface area contributed by atoms with E-state index < -0.39 is 0 Å². The zero-order valence-corrected chi connectivity index (χ0v) is 14.1. The van der Waals surface area contributed by atoms with E-state index in [1.54, 1.807) is 12.1 Å². The van der Waals surface area contributed by atoms with Gasteiger partial charge < -0.3 is 19.9 Å². The normalized spacial score (nSPS) is 21.3. The third-order valence-electron chi connectivity index (χ3n) is 4.48. The van der Waals surface area contributed by atoms with Gasteiger partial charge in [0.1, 0.15) is 12.4 Å². The number of hydrogen-bond donors (Lipinski definition) is 1. The monoisotopic (exact) mass is 315 g/mol. The first-order valence-corrected chi connectivity index (χ1v) is 7.91. The molecular weight excluding hydrogens is 290 g/mol. The number of carbonyl (C=O) groups is 1. The number of amides is 2. The van der Waals surface area contributed by atoms with Crippen molar-refractivity contribution < 1.29 is 9.53 Å². The first kappa shape index (κ1) is 17.2. The number of carbonyl (C=O) groups excluding carboxylic acids is 1. The van der Waals surface area contributed by atoms with E-state index in [1.807, 2.05) is 24.1 Å². The lowest BCUT2D eigenvalue weighted by Crippen LogP contribution is -2.49. The van der Waals surface area contributed by atoms with Gasteiger partial charge in [0.05, 0.1) is 0 Å². The van der Waals surface area contributed by atoms with E-state index in [2.05, 4.69) is 30.1 Å². The number of piperidine rings is 1. The van der Waals surface area contributed by atoms with Crippen molar-refractivity contribution in [1.29, 1.82) is 0 Å². The number of ether oxygens (including phenoxy) is 1. The topological polar surface area (TPSA) is 44.8 Å². The van der Waals surface area contributed by atoms with Crippen LogP contribution in [0.15, 0.2) is 24.3 Å². The fraction of sp³-hybridized carbons (Fsp3) is 0.500. The van der Waals surface area contributed by atoms with Crippen LogP contribution in [0.1, 0.15) is 19.8 Å². The van der Waals surface area contributed by atoms with Crippen LogP contribution in [-0.2, 0) is 0 Å². The zero-order valence-electron chi connectivity index (χ0n) is 14.1. The zero-order chi connectivity index (χ0) is 16.8.